The average molecular weight is 408 g/mol. The molecule has 0 bridgehead atoms. The van der Waals surface area contributed by atoms with E-state index < -0.39 is 0 Å². The van der Waals surface area contributed by atoms with Crippen LogP contribution in [0.1, 0.15) is 0 Å². The van der Waals surface area contributed by atoms with E-state index in [1.807, 2.05) is 36.4 Å². The maximum Gasteiger partial charge on any atom is 0.243 e. The number of rotatable bonds is 7. The maximum absolute atomic E-state index is 11.9. The van der Waals surface area contributed by atoms with E-state index in [0.717, 1.165) is 20.7 Å². The van der Waals surface area contributed by atoms with Crippen molar-refractivity contribution in [2.24, 2.45) is 0 Å². The molecular formula is C17H17IN2O2. The van der Waals surface area contributed by atoms with Crippen LogP contribution in [0.25, 0.3) is 0 Å². The molecule has 0 saturated carbocycles. The van der Waals surface area contributed by atoms with Crippen molar-refractivity contribution in [3.63, 3.8) is 0 Å². The number of ether oxygens (including phenoxy) is 1. The highest BCUT2D eigenvalue weighted by Crippen LogP contribution is 2.16. The van der Waals surface area contributed by atoms with Gasteiger partial charge in [-0.05, 0) is 71.1 Å². The largest absolute Gasteiger partial charge is 0.490 e. The second-order valence-electron chi connectivity index (χ2n) is 4.53. The zero-order valence-electron chi connectivity index (χ0n) is 12.0. The molecule has 0 aromatic heterocycles. The van der Waals surface area contributed by atoms with E-state index in [0.29, 0.717) is 6.61 Å². The molecule has 0 fully saturated rings. The summed E-state index contributed by atoms with van der Waals surface area (Å²) in [5, 5.41) is 5.91. The molecule has 0 spiro atoms. The van der Waals surface area contributed by atoms with Crippen LogP contribution >= 0.6 is 22.6 Å². The summed E-state index contributed by atoms with van der Waals surface area (Å²) >= 11 is 2.24. The fourth-order valence-electron chi connectivity index (χ4n) is 1.74. The number of benzene rings is 2. The van der Waals surface area contributed by atoms with Crippen molar-refractivity contribution >= 4 is 39.9 Å². The smallest absolute Gasteiger partial charge is 0.243 e. The van der Waals surface area contributed by atoms with Crippen LogP contribution in [-0.2, 0) is 4.79 Å². The lowest BCUT2D eigenvalue weighted by atomic mass is 10.3. The molecule has 0 saturated heterocycles. The molecule has 22 heavy (non-hydrogen) atoms. The standard InChI is InChI=1S/C17H17IN2O2/c1-2-11-22-16-9-7-15(8-10-16)20-17(21)12-19-14-5-3-13(18)4-6-14/h2-10,19H,1,11-12H2,(H,20,21). The molecule has 5 heteroatoms. The van der Waals surface area contributed by atoms with Crippen LogP contribution in [0.4, 0.5) is 11.4 Å². The Morgan fingerprint density at radius 2 is 1.73 bits per heavy atom. The number of carbonyl (C=O) groups is 1. The van der Waals surface area contributed by atoms with Gasteiger partial charge in [-0.1, -0.05) is 12.7 Å². The van der Waals surface area contributed by atoms with Crippen molar-refractivity contribution < 1.29 is 9.53 Å². The molecule has 0 unspecified atom stereocenters. The highest BCUT2D eigenvalue weighted by molar-refractivity contribution is 14.1. The normalized spacial score (nSPS) is 9.86. The van der Waals surface area contributed by atoms with E-state index in [2.05, 4.69) is 39.8 Å². The summed E-state index contributed by atoms with van der Waals surface area (Å²) in [5.41, 5.74) is 1.66. The van der Waals surface area contributed by atoms with Crippen LogP contribution in [-0.4, -0.2) is 19.1 Å². The maximum atomic E-state index is 11.9. The molecule has 2 aromatic rings. The minimum atomic E-state index is -0.0988. The minimum absolute atomic E-state index is 0.0988. The van der Waals surface area contributed by atoms with Gasteiger partial charge in [0.15, 0.2) is 0 Å². The fourth-order valence-corrected chi connectivity index (χ4v) is 2.10. The molecule has 4 nitrogen and oxygen atoms in total. The van der Waals surface area contributed by atoms with Gasteiger partial charge in [0.05, 0.1) is 6.54 Å². The average Bonchev–Trinajstić information content (AvgIpc) is 2.54. The number of hydrogen-bond donors (Lipinski definition) is 2. The van der Waals surface area contributed by atoms with E-state index >= 15 is 0 Å². The third-order valence-electron chi connectivity index (χ3n) is 2.80. The lowest BCUT2D eigenvalue weighted by Crippen LogP contribution is -2.21. The summed E-state index contributed by atoms with van der Waals surface area (Å²) in [4.78, 5) is 11.9. The van der Waals surface area contributed by atoms with E-state index in [1.54, 1.807) is 18.2 Å². The van der Waals surface area contributed by atoms with Gasteiger partial charge in [0.25, 0.3) is 0 Å². The van der Waals surface area contributed by atoms with E-state index in [4.69, 9.17) is 4.74 Å². The zero-order valence-corrected chi connectivity index (χ0v) is 14.2. The number of nitrogens with one attached hydrogen (secondary N) is 2. The van der Waals surface area contributed by atoms with Gasteiger partial charge in [-0.2, -0.15) is 0 Å². The third kappa shape index (κ3) is 5.40. The number of amides is 1. The van der Waals surface area contributed by atoms with Crippen LogP contribution in [0, 0.1) is 3.57 Å². The van der Waals surface area contributed by atoms with E-state index in [1.165, 1.54) is 0 Å². The van der Waals surface area contributed by atoms with Crippen molar-refractivity contribution in [3.05, 3.63) is 64.8 Å². The Labute approximate surface area is 143 Å². The quantitative estimate of drug-likeness (QED) is 0.540. The summed E-state index contributed by atoms with van der Waals surface area (Å²) < 4.78 is 6.55. The summed E-state index contributed by atoms with van der Waals surface area (Å²) in [5.74, 6) is 0.647. The van der Waals surface area contributed by atoms with Gasteiger partial charge in [-0.25, -0.2) is 0 Å². The van der Waals surface area contributed by atoms with E-state index in [-0.39, 0.29) is 12.5 Å². The molecule has 0 aliphatic heterocycles. The molecule has 2 rings (SSSR count). The molecular weight excluding hydrogens is 391 g/mol. The van der Waals surface area contributed by atoms with Gasteiger partial charge in [0, 0.05) is 14.9 Å². The highest BCUT2D eigenvalue weighted by atomic mass is 127. The van der Waals surface area contributed by atoms with Crippen molar-refractivity contribution in [3.8, 4) is 5.75 Å². The Kier molecular flexibility index (Phi) is 6.27. The molecule has 1 amide bonds. The second-order valence-corrected chi connectivity index (χ2v) is 5.78. The Bertz CT molecular complexity index is 624. The summed E-state index contributed by atoms with van der Waals surface area (Å²) in [6, 6.07) is 15.1. The summed E-state index contributed by atoms with van der Waals surface area (Å²) in [7, 11) is 0. The van der Waals surface area contributed by atoms with Gasteiger partial charge in [0.1, 0.15) is 12.4 Å². The number of anilines is 2. The number of hydrogen-bond acceptors (Lipinski definition) is 3. The molecule has 0 aliphatic carbocycles. The Morgan fingerprint density at radius 1 is 1.09 bits per heavy atom. The van der Waals surface area contributed by atoms with Crippen LogP contribution < -0.4 is 15.4 Å². The number of halogens is 1. The molecule has 114 valence electrons. The molecule has 0 radical (unpaired) electrons. The molecule has 0 aliphatic rings. The van der Waals surface area contributed by atoms with Crippen LogP contribution in [0.3, 0.4) is 0 Å². The Hall–Kier alpha value is -2.02. The SMILES string of the molecule is C=CCOc1ccc(NC(=O)CNc2ccc(I)cc2)cc1. The van der Waals surface area contributed by atoms with Gasteiger partial charge >= 0.3 is 0 Å². The lowest BCUT2D eigenvalue weighted by molar-refractivity contribution is -0.114. The minimum Gasteiger partial charge on any atom is -0.490 e. The van der Waals surface area contributed by atoms with Gasteiger partial charge < -0.3 is 15.4 Å². The summed E-state index contributed by atoms with van der Waals surface area (Å²) in [6.07, 6.45) is 1.69. The predicted octanol–water partition coefficient (Wildman–Crippen LogP) is 3.91. The Balaban J connectivity index is 1.81. The first-order valence-corrected chi connectivity index (χ1v) is 7.88. The van der Waals surface area contributed by atoms with Crippen molar-refractivity contribution in [2.45, 2.75) is 0 Å². The molecule has 0 atom stereocenters. The van der Waals surface area contributed by atoms with Crippen LogP contribution in [0.2, 0.25) is 0 Å². The predicted molar refractivity (Wildman–Crippen MR) is 98.4 cm³/mol. The van der Waals surface area contributed by atoms with E-state index in [9.17, 15) is 4.79 Å². The van der Waals surface area contributed by atoms with Gasteiger partial charge in [-0.15, -0.1) is 0 Å². The van der Waals surface area contributed by atoms with Crippen molar-refractivity contribution in [2.75, 3.05) is 23.8 Å². The highest BCUT2D eigenvalue weighted by Gasteiger charge is 2.02. The summed E-state index contributed by atoms with van der Waals surface area (Å²) in [6.45, 7) is 4.28. The van der Waals surface area contributed by atoms with Crippen LogP contribution in [0.15, 0.2) is 61.2 Å². The molecule has 2 N–H and O–H groups in total. The first-order valence-electron chi connectivity index (χ1n) is 6.80. The fraction of sp³-hybridized carbons (Fsp3) is 0.118. The zero-order chi connectivity index (χ0) is 15.8. The van der Waals surface area contributed by atoms with Gasteiger partial charge in [-0.3, -0.25) is 4.79 Å². The first-order chi connectivity index (χ1) is 10.7. The van der Waals surface area contributed by atoms with Crippen molar-refractivity contribution in [1.82, 2.24) is 0 Å². The van der Waals surface area contributed by atoms with Gasteiger partial charge in [0.2, 0.25) is 5.91 Å². The monoisotopic (exact) mass is 408 g/mol. The molecule has 2 aromatic carbocycles. The lowest BCUT2D eigenvalue weighted by Gasteiger charge is -2.09. The molecule has 0 heterocycles. The van der Waals surface area contributed by atoms with Crippen LogP contribution in [0.5, 0.6) is 5.75 Å². The topological polar surface area (TPSA) is 50.4 Å². The first kappa shape index (κ1) is 16.4. The Morgan fingerprint density at radius 3 is 2.36 bits per heavy atom. The third-order valence-corrected chi connectivity index (χ3v) is 3.52. The van der Waals surface area contributed by atoms with Crippen molar-refractivity contribution in [1.29, 1.82) is 0 Å². The number of carbonyl (C=O) groups excluding carboxylic acids is 1. The second kappa shape index (κ2) is 8.43.